The van der Waals surface area contributed by atoms with Crippen LogP contribution in [0.3, 0.4) is 0 Å². The van der Waals surface area contributed by atoms with Crippen molar-refractivity contribution in [2.75, 3.05) is 13.1 Å². The highest BCUT2D eigenvalue weighted by Crippen LogP contribution is 2.49. The van der Waals surface area contributed by atoms with Crippen molar-refractivity contribution in [1.29, 1.82) is 0 Å². The molecule has 0 spiro atoms. The van der Waals surface area contributed by atoms with Crippen LogP contribution in [-0.4, -0.2) is 38.2 Å². The average Bonchev–Trinajstić information content (AvgIpc) is 3.14. The van der Waals surface area contributed by atoms with Gasteiger partial charge in [0.05, 0.1) is 6.54 Å². The number of rotatable bonds is 4. The molecule has 1 saturated heterocycles. The molecule has 1 atom stereocenters. The van der Waals surface area contributed by atoms with Crippen LogP contribution in [-0.2, 0) is 23.2 Å². The monoisotopic (exact) mass is 380 g/mol. The molecule has 6 nitrogen and oxygen atoms in total. The molecule has 3 heterocycles. The normalized spacial score (nSPS) is 22.9. The average molecular weight is 380 g/mol. The summed E-state index contributed by atoms with van der Waals surface area (Å²) in [5, 5.41) is 4.67. The third-order valence-corrected chi connectivity index (χ3v) is 6.80. The SMILES string of the molecule is Cc1ccc(C2(Cn3nc4n(c3=O)C(C(=O)N3CCCC3)CCC4)CC2)cc1. The molecule has 0 radical (unpaired) electrons. The number of aromatic nitrogens is 3. The smallest absolute Gasteiger partial charge is 0.341 e. The van der Waals surface area contributed by atoms with Gasteiger partial charge >= 0.3 is 5.69 Å². The molecule has 3 aliphatic rings. The predicted molar refractivity (Wildman–Crippen MR) is 106 cm³/mol. The Morgan fingerprint density at radius 1 is 1.14 bits per heavy atom. The lowest BCUT2D eigenvalue weighted by Crippen LogP contribution is -2.41. The number of fused-ring (bicyclic) bond motifs is 1. The zero-order valence-corrected chi connectivity index (χ0v) is 16.6. The summed E-state index contributed by atoms with van der Waals surface area (Å²) >= 11 is 0. The van der Waals surface area contributed by atoms with Gasteiger partial charge in [0.25, 0.3) is 0 Å². The molecule has 1 aliphatic carbocycles. The molecule has 1 saturated carbocycles. The van der Waals surface area contributed by atoms with Crippen molar-refractivity contribution in [1.82, 2.24) is 19.2 Å². The summed E-state index contributed by atoms with van der Waals surface area (Å²) in [6.07, 6.45) is 6.75. The molecule has 2 fully saturated rings. The summed E-state index contributed by atoms with van der Waals surface area (Å²) in [4.78, 5) is 28.2. The van der Waals surface area contributed by atoms with Crippen molar-refractivity contribution in [2.45, 2.75) is 69.9 Å². The maximum Gasteiger partial charge on any atom is 0.346 e. The Hall–Kier alpha value is -2.37. The van der Waals surface area contributed by atoms with Crippen LogP contribution in [0.2, 0.25) is 0 Å². The molecule has 148 valence electrons. The van der Waals surface area contributed by atoms with E-state index in [1.807, 2.05) is 4.90 Å². The third kappa shape index (κ3) is 2.90. The Kier molecular flexibility index (Phi) is 4.18. The number of nitrogens with zero attached hydrogens (tertiary/aromatic N) is 4. The summed E-state index contributed by atoms with van der Waals surface area (Å²) in [5.41, 5.74) is 2.46. The Balaban J connectivity index is 1.44. The second-order valence-electron chi connectivity index (χ2n) is 8.81. The van der Waals surface area contributed by atoms with Gasteiger partial charge < -0.3 is 4.90 Å². The van der Waals surface area contributed by atoms with Gasteiger partial charge in [0, 0.05) is 24.9 Å². The van der Waals surface area contributed by atoms with E-state index in [0.29, 0.717) is 6.54 Å². The fraction of sp³-hybridized carbons (Fsp3) is 0.591. The molecule has 2 aliphatic heterocycles. The van der Waals surface area contributed by atoms with Crippen molar-refractivity contribution in [3.05, 3.63) is 51.7 Å². The Labute approximate surface area is 165 Å². The minimum Gasteiger partial charge on any atom is -0.341 e. The van der Waals surface area contributed by atoms with E-state index in [9.17, 15) is 9.59 Å². The fourth-order valence-electron chi connectivity index (χ4n) is 4.90. The molecule has 5 rings (SSSR count). The lowest BCUT2D eigenvalue weighted by atomic mass is 9.95. The highest BCUT2D eigenvalue weighted by atomic mass is 16.2. The van der Waals surface area contributed by atoms with E-state index in [2.05, 4.69) is 36.3 Å². The van der Waals surface area contributed by atoms with Crippen molar-refractivity contribution in [2.24, 2.45) is 0 Å². The van der Waals surface area contributed by atoms with Crippen LogP contribution in [0.4, 0.5) is 0 Å². The van der Waals surface area contributed by atoms with Gasteiger partial charge in [-0.2, -0.15) is 5.10 Å². The van der Waals surface area contributed by atoms with E-state index in [1.54, 1.807) is 9.25 Å². The van der Waals surface area contributed by atoms with Gasteiger partial charge in [-0.15, -0.1) is 0 Å². The highest BCUT2D eigenvalue weighted by Gasteiger charge is 2.46. The Morgan fingerprint density at radius 2 is 1.86 bits per heavy atom. The lowest BCUT2D eigenvalue weighted by Gasteiger charge is -2.27. The van der Waals surface area contributed by atoms with Gasteiger partial charge in [-0.3, -0.25) is 9.36 Å². The third-order valence-electron chi connectivity index (χ3n) is 6.80. The molecule has 2 aromatic rings. The zero-order chi connectivity index (χ0) is 19.3. The summed E-state index contributed by atoms with van der Waals surface area (Å²) in [5.74, 6) is 0.897. The van der Waals surface area contributed by atoms with Crippen LogP contribution >= 0.6 is 0 Å². The van der Waals surface area contributed by atoms with Crippen LogP contribution in [0.5, 0.6) is 0 Å². The number of benzene rings is 1. The molecular weight excluding hydrogens is 352 g/mol. The van der Waals surface area contributed by atoms with Gasteiger partial charge in [0.1, 0.15) is 11.9 Å². The van der Waals surface area contributed by atoms with E-state index < -0.39 is 0 Å². The summed E-state index contributed by atoms with van der Waals surface area (Å²) in [6, 6.07) is 8.28. The molecule has 28 heavy (non-hydrogen) atoms. The van der Waals surface area contributed by atoms with Crippen LogP contribution in [0, 0.1) is 6.92 Å². The zero-order valence-electron chi connectivity index (χ0n) is 16.6. The summed E-state index contributed by atoms with van der Waals surface area (Å²) in [6.45, 7) is 4.35. The van der Waals surface area contributed by atoms with E-state index >= 15 is 0 Å². The minimum atomic E-state index is -0.363. The van der Waals surface area contributed by atoms with Crippen LogP contribution in [0.15, 0.2) is 29.1 Å². The van der Waals surface area contributed by atoms with Gasteiger partial charge in [-0.05, 0) is 51.0 Å². The van der Waals surface area contributed by atoms with Crippen molar-refractivity contribution in [3.63, 3.8) is 0 Å². The van der Waals surface area contributed by atoms with E-state index in [4.69, 9.17) is 0 Å². The number of hydrogen-bond acceptors (Lipinski definition) is 3. The molecule has 0 bridgehead atoms. The van der Waals surface area contributed by atoms with Gasteiger partial charge in [0.15, 0.2) is 0 Å². The van der Waals surface area contributed by atoms with Crippen molar-refractivity contribution in [3.8, 4) is 0 Å². The molecule has 1 aromatic heterocycles. The molecule has 6 heteroatoms. The number of carbonyl (C=O) groups excluding carboxylic acids is 1. The largest absolute Gasteiger partial charge is 0.346 e. The van der Waals surface area contributed by atoms with Gasteiger partial charge in [-0.25, -0.2) is 9.48 Å². The second kappa shape index (κ2) is 6.61. The number of carbonyl (C=O) groups is 1. The number of aryl methyl sites for hydroxylation is 2. The standard InChI is InChI=1S/C22H28N4O2/c1-16-7-9-17(10-8-16)22(11-12-22)15-25-21(28)26-18(5-4-6-19(26)23-25)20(27)24-13-2-3-14-24/h7-10,18H,2-6,11-15H2,1H3. The summed E-state index contributed by atoms with van der Waals surface area (Å²) in [7, 11) is 0. The van der Waals surface area contributed by atoms with Crippen molar-refractivity contribution < 1.29 is 4.79 Å². The fourth-order valence-corrected chi connectivity index (χ4v) is 4.90. The first-order chi connectivity index (χ1) is 13.6. The maximum atomic E-state index is 13.2. The Morgan fingerprint density at radius 3 is 2.54 bits per heavy atom. The number of likely N-dealkylation sites (tertiary alicyclic amines) is 1. The number of amides is 1. The topological polar surface area (TPSA) is 60.1 Å². The van der Waals surface area contributed by atoms with Crippen LogP contribution < -0.4 is 5.69 Å². The predicted octanol–water partition coefficient (Wildman–Crippen LogP) is 2.58. The van der Waals surface area contributed by atoms with Gasteiger partial charge in [-0.1, -0.05) is 29.8 Å². The quantitative estimate of drug-likeness (QED) is 0.819. The molecule has 1 amide bonds. The molecule has 1 aromatic carbocycles. The molecule has 1 unspecified atom stereocenters. The highest BCUT2D eigenvalue weighted by molar-refractivity contribution is 5.80. The Bertz CT molecular complexity index is 946. The van der Waals surface area contributed by atoms with E-state index in [1.165, 1.54) is 11.1 Å². The van der Waals surface area contributed by atoms with E-state index in [-0.39, 0.29) is 23.1 Å². The van der Waals surface area contributed by atoms with Crippen molar-refractivity contribution >= 4 is 5.91 Å². The van der Waals surface area contributed by atoms with Crippen LogP contribution in [0.1, 0.15) is 61.5 Å². The molecule has 0 N–H and O–H groups in total. The van der Waals surface area contributed by atoms with Crippen LogP contribution in [0.25, 0.3) is 0 Å². The lowest BCUT2D eigenvalue weighted by molar-refractivity contribution is -0.134. The van der Waals surface area contributed by atoms with E-state index in [0.717, 1.165) is 63.9 Å². The first-order valence-corrected chi connectivity index (χ1v) is 10.6. The minimum absolute atomic E-state index is 0.0243. The summed E-state index contributed by atoms with van der Waals surface area (Å²) < 4.78 is 3.34. The second-order valence-corrected chi connectivity index (χ2v) is 8.81. The van der Waals surface area contributed by atoms with Gasteiger partial charge in [0.2, 0.25) is 5.91 Å². The maximum absolute atomic E-state index is 13.2. The molecular formula is C22H28N4O2. The first-order valence-electron chi connectivity index (χ1n) is 10.6. The first kappa shape index (κ1) is 17.7. The number of hydrogen-bond donors (Lipinski definition) is 0.